The van der Waals surface area contributed by atoms with E-state index in [-0.39, 0.29) is 0 Å². The molecule has 0 amide bonds. The predicted octanol–water partition coefficient (Wildman–Crippen LogP) is 14.0. The highest BCUT2D eigenvalue weighted by Crippen LogP contribution is 2.42. The Morgan fingerprint density at radius 3 is 1.82 bits per heavy atom. The molecule has 258 valence electrons. The minimum atomic E-state index is 0.782. The van der Waals surface area contributed by atoms with Gasteiger partial charge >= 0.3 is 0 Å². The summed E-state index contributed by atoms with van der Waals surface area (Å²) >= 11 is 0. The number of hydrogen-bond acceptors (Lipinski definition) is 3. The van der Waals surface area contributed by atoms with Crippen LogP contribution in [0.25, 0.3) is 82.5 Å². The second kappa shape index (κ2) is 12.6. The Morgan fingerprint density at radius 2 is 1.04 bits per heavy atom. The van der Waals surface area contributed by atoms with E-state index in [9.17, 15) is 0 Å². The lowest BCUT2D eigenvalue weighted by Crippen LogP contribution is -2.11. The maximum absolute atomic E-state index is 6.37. The molecule has 0 saturated heterocycles. The van der Waals surface area contributed by atoms with Gasteiger partial charge in [0, 0.05) is 50.9 Å². The molecule has 11 rings (SSSR count). The number of anilines is 3. The van der Waals surface area contributed by atoms with Gasteiger partial charge in [-0.2, -0.15) is 0 Å². The lowest BCUT2D eigenvalue weighted by molar-refractivity contribution is 0.668. The molecule has 0 saturated carbocycles. The van der Waals surface area contributed by atoms with Gasteiger partial charge in [0.2, 0.25) is 0 Å². The highest BCUT2D eigenvalue weighted by atomic mass is 16.3. The zero-order chi connectivity index (χ0) is 36.3. The Bertz CT molecular complexity index is 3160. The summed E-state index contributed by atoms with van der Waals surface area (Å²) in [6.07, 6.45) is 1.94. The molecule has 55 heavy (non-hydrogen) atoms. The lowest BCUT2D eigenvalue weighted by atomic mass is 9.93. The number of nitrogens with zero attached hydrogens (tertiary/aromatic N) is 3. The Morgan fingerprint density at radius 1 is 0.418 bits per heavy atom. The van der Waals surface area contributed by atoms with Gasteiger partial charge in [-0.15, -0.1) is 0 Å². The van der Waals surface area contributed by atoms with Crippen LogP contribution in [0, 0.1) is 0 Å². The van der Waals surface area contributed by atoms with Crippen LogP contribution in [-0.4, -0.2) is 9.55 Å². The molecule has 11 aromatic rings. The molecule has 0 aliphatic rings. The average Bonchev–Trinajstić information content (AvgIpc) is 3.80. The van der Waals surface area contributed by atoms with Gasteiger partial charge in [0.05, 0.1) is 11.0 Å². The van der Waals surface area contributed by atoms with Crippen molar-refractivity contribution in [3.63, 3.8) is 0 Å². The molecule has 3 heterocycles. The molecule has 0 fully saturated rings. The minimum Gasteiger partial charge on any atom is -0.456 e. The standard InChI is InChI=1S/C51H33N3O/c1-2-13-35(14-3-1)45-31-40(28-29-41(45)36-23-25-38(26-24-36)54-47-19-9-6-16-42(47)43-17-7-10-20-48(43)54)53(39-27-22-34-12-4-5-15-37(34)30-39)51-32-50-46(33-52-51)44-18-8-11-21-49(44)55-50/h1-33H. The minimum absolute atomic E-state index is 0.782. The predicted molar refractivity (Wildman–Crippen MR) is 229 cm³/mol. The third-order valence-electron chi connectivity index (χ3n) is 10.8. The van der Waals surface area contributed by atoms with Crippen LogP contribution in [0.4, 0.5) is 17.2 Å². The maximum Gasteiger partial charge on any atom is 0.141 e. The monoisotopic (exact) mass is 703 g/mol. The third kappa shape index (κ3) is 5.19. The smallest absolute Gasteiger partial charge is 0.141 e. The lowest BCUT2D eigenvalue weighted by Gasteiger charge is -2.26. The molecule has 0 radical (unpaired) electrons. The highest BCUT2D eigenvalue weighted by Gasteiger charge is 2.20. The zero-order valence-electron chi connectivity index (χ0n) is 29.8. The van der Waals surface area contributed by atoms with Crippen LogP contribution in [0.1, 0.15) is 0 Å². The van der Waals surface area contributed by atoms with Crippen molar-refractivity contribution >= 4 is 71.7 Å². The summed E-state index contributed by atoms with van der Waals surface area (Å²) in [4.78, 5) is 7.32. The molecule has 4 heteroatoms. The van der Waals surface area contributed by atoms with E-state index in [0.717, 1.165) is 72.5 Å². The number of pyridine rings is 1. The van der Waals surface area contributed by atoms with E-state index in [1.54, 1.807) is 0 Å². The summed E-state index contributed by atoms with van der Waals surface area (Å²) in [6.45, 7) is 0. The van der Waals surface area contributed by atoms with E-state index < -0.39 is 0 Å². The summed E-state index contributed by atoms with van der Waals surface area (Å²) in [6, 6.07) is 69.0. The summed E-state index contributed by atoms with van der Waals surface area (Å²) in [7, 11) is 0. The van der Waals surface area contributed by atoms with E-state index in [1.807, 2.05) is 24.4 Å². The summed E-state index contributed by atoms with van der Waals surface area (Å²) in [5, 5.41) is 6.94. The van der Waals surface area contributed by atoms with Crippen molar-refractivity contribution < 1.29 is 4.42 Å². The van der Waals surface area contributed by atoms with Crippen LogP contribution in [0.3, 0.4) is 0 Å². The molecule has 0 N–H and O–H groups in total. The van der Waals surface area contributed by atoms with Crippen LogP contribution in [0.2, 0.25) is 0 Å². The van der Waals surface area contributed by atoms with Gasteiger partial charge in [0.15, 0.2) is 0 Å². The summed E-state index contributed by atoms with van der Waals surface area (Å²) in [5.41, 5.74) is 11.8. The number of aromatic nitrogens is 2. The van der Waals surface area contributed by atoms with Crippen molar-refractivity contribution in [2.75, 3.05) is 4.90 Å². The van der Waals surface area contributed by atoms with Crippen LogP contribution >= 0.6 is 0 Å². The van der Waals surface area contributed by atoms with Gasteiger partial charge in [0.25, 0.3) is 0 Å². The van der Waals surface area contributed by atoms with E-state index in [0.29, 0.717) is 0 Å². The number of para-hydroxylation sites is 3. The Labute approximate surface area is 317 Å². The molecular weight excluding hydrogens is 671 g/mol. The van der Waals surface area contributed by atoms with Gasteiger partial charge in [-0.05, 0) is 87.6 Å². The molecule has 4 nitrogen and oxygen atoms in total. The first-order chi connectivity index (χ1) is 27.3. The van der Waals surface area contributed by atoms with Crippen molar-refractivity contribution in [2.24, 2.45) is 0 Å². The molecular formula is C51H33N3O. The first-order valence-corrected chi connectivity index (χ1v) is 18.6. The van der Waals surface area contributed by atoms with Crippen LogP contribution in [-0.2, 0) is 0 Å². The Hall–Kier alpha value is -7.43. The zero-order valence-corrected chi connectivity index (χ0v) is 29.8. The fourth-order valence-electron chi connectivity index (χ4n) is 8.23. The highest BCUT2D eigenvalue weighted by molar-refractivity contribution is 6.09. The first-order valence-electron chi connectivity index (χ1n) is 18.6. The SMILES string of the molecule is c1ccc(-c2cc(N(c3ccc4ccccc4c3)c3cc4oc5ccccc5c4cn3)ccc2-c2ccc(-n3c4ccccc4c4ccccc43)cc2)cc1. The number of furan rings is 1. The van der Waals surface area contributed by atoms with Crippen LogP contribution in [0.15, 0.2) is 205 Å². The number of fused-ring (bicyclic) bond motifs is 7. The van der Waals surface area contributed by atoms with Crippen molar-refractivity contribution in [1.29, 1.82) is 0 Å². The second-order valence-electron chi connectivity index (χ2n) is 14.0. The quantitative estimate of drug-likeness (QED) is 0.173. The van der Waals surface area contributed by atoms with Crippen LogP contribution < -0.4 is 4.90 Å². The van der Waals surface area contributed by atoms with Crippen LogP contribution in [0.5, 0.6) is 0 Å². The van der Waals surface area contributed by atoms with Gasteiger partial charge < -0.3 is 8.98 Å². The molecule has 0 aliphatic carbocycles. The van der Waals surface area contributed by atoms with Gasteiger partial charge in [-0.3, -0.25) is 4.90 Å². The van der Waals surface area contributed by atoms with E-state index >= 15 is 0 Å². The van der Waals surface area contributed by atoms with Crippen molar-refractivity contribution in [3.8, 4) is 27.9 Å². The largest absolute Gasteiger partial charge is 0.456 e. The summed E-state index contributed by atoms with van der Waals surface area (Å²) < 4.78 is 8.73. The van der Waals surface area contributed by atoms with E-state index in [2.05, 4.69) is 185 Å². The maximum atomic E-state index is 6.37. The topological polar surface area (TPSA) is 34.2 Å². The fraction of sp³-hybridized carbons (Fsp3) is 0. The Kier molecular flexibility index (Phi) is 7.14. The van der Waals surface area contributed by atoms with Crippen molar-refractivity contribution in [1.82, 2.24) is 9.55 Å². The van der Waals surface area contributed by atoms with Crippen molar-refractivity contribution in [2.45, 2.75) is 0 Å². The van der Waals surface area contributed by atoms with Gasteiger partial charge in [-0.1, -0.05) is 133 Å². The second-order valence-corrected chi connectivity index (χ2v) is 14.0. The summed E-state index contributed by atoms with van der Waals surface area (Å²) in [5.74, 6) is 0.782. The first kappa shape index (κ1) is 31.1. The molecule has 3 aromatic heterocycles. The molecule has 0 bridgehead atoms. The van der Waals surface area contributed by atoms with Gasteiger partial charge in [-0.25, -0.2) is 4.98 Å². The van der Waals surface area contributed by atoms with E-state index in [4.69, 9.17) is 9.40 Å². The molecule has 0 aliphatic heterocycles. The Balaban J connectivity index is 1.07. The van der Waals surface area contributed by atoms with Crippen molar-refractivity contribution in [3.05, 3.63) is 200 Å². The molecule has 0 spiro atoms. The number of hydrogen-bond donors (Lipinski definition) is 0. The number of benzene rings is 8. The normalized spacial score (nSPS) is 11.6. The molecule has 0 unspecified atom stereocenters. The van der Waals surface area contributed by atoms with Gasteiger partial charge in [0.1, 0.15) is 17.0 Å². The fourth-order valence-corrected chi connectivity index (χ4v) is 8.23. The number of rotatable bonds is 6. The average molecular weight is 704 g/mol. The third-order valence-corrected chi connectivity index (χ3v) is 10.8. The van der Waals surface area contributed by atoms with E-state index in [1.165, 1.54) is 27.2 Å². The molecule has 0 atom stereocenters. The molecule has 8 aromatic carbocycles.